The Balaban J connectivity index is 4.78. The smallest absolute Gasteiger partial charge is 0.328 e. The van der Waals surface area contributed by atoms with Crippen molar-refractivity contribution in [2.24, 2.45) is 0 Å². The van der Waals surface area contributed by atoms with E-state index < -0.39 is 5.97 Å². The van der Waals surface area contributed by atoms with Crippen LogP contribution in [0.15, 0.2) is 35.5 Å². The van der Waals surface area contributed by atoms with Crippen LogP contribution in [0.4, 0.5) is 0 Å². The third-order valence-corrected chi connectivity index (χ3v) is 2.10. The fourth-order valence-corrected chi connectivity index (χ4v) is 1.33. The van der Waals surface area contributed by atoms with E-state index in [1.807, 2.05) is 13.2 Å². The van der Waals surface area contributed by atoms with E-state index in [-0.39, 0.29) is 0 Å². The molecule has 0 radical (unpaired) electrons. The maximum absolute atomic E-state index is 10.3. The number of allylic oxidation sites excluding steroid dienone is 2. The summed E-state index contributed by atoms with van der Waals surface area (Å²) in [4.78, 5) is 11.1. The molecule has 14 heavy (non-hydrogen) atoms. The summed E-state index contributed by atoms with van der Waals surface area (Å²) in [6, 6.07) is 0. The van der Waals surface area contributed by atoms with E-state index in [0.29, 0.717) is 12.4 Å². The van der Waals surface area contributed by atoms with E-state index >= 15 is 0 Å². The zero-order valence-corrected chi connectivity index (χ0v) is 9.13. The monoisotopic (exact) mass is 214 g/mol. The van der Waals surface area contributed by atoms with Gasteiger partial charge in [-0.2, -0.15) is 0 Å². The highest BCUT2D eigenvalue weighted by Gasteiger charge is 2.00. The lowest BCUT2D eigenvalue weighted by Crippen LogP contribution is -1.92. The molecule has 3 nitrogen and oxygen atoms in total. The molecule has 0 amide bonds. The summed E-state index contributed by atoms with van der Waals surface area (Å²) in [5.41, 5.74) is 0. The third kappa shape index (κ3) is 4.77. The van der Waals surface area contributed by atoms with Crippen LogP contribution in [-0.2, 0) is 9.53 Å². The fourth-order valence-electron chi connectivity index (χ4n) is 0.784. The predicted molar refractivity (Wildman–Crippen MR) is 59.1 cm³/mol. The van der Waals surface area contributed by atoms with Crippen molar-refractivity contribution in [1.82, 2.24) is 0 Å². The Labute approximate surface area is 88.1 Å². The van der Waals surface area contributed by atoms with E-state index in [4.69, 9.17) is 9.84 Å². The molecule has 0 unspecified atom stereocenters. The number of hydrogen-bond acceptors (Lipinski definition) is 3. The van der Waals surface area contributed by atoms with Gasteiger partial charge >= 0.3 is 5.97 Å². The van der Waals surface area contributed by atoms with Gasteiger partial charge in [-0.15, -0.1) is 11.8 Å². The minimum absolute atomic E-state index is 0.534. The first-order valence-electron chi connectivity index (χ1n) is 4.10. The van der Waals surface area contributed by atoms with E-state index in [9.17, 15) is 4.79 Å². The van der Waals surface area contributed by atoms with Gasteiger partial charge in [-0.3, -0.25) is 0 Å². The highest BCUT2D eigenvalue weighted by atomic mass is 32.2. The second-order valence-electron chi connectivity index (χ2n) is 2.24. The Hall–Kier alpha value is -1.16. The van der Waals surface area contributed by atoms with E-state index in [1.165, 1.54) is 17.8 Å². The maximum Gasteiger partial charge on any atom is 0.328 e. The molecule has 78 valence electrons. The average Bonchev–Trinajstić information content (AvgIpc) is 2.16. The second kappa shape index (κ2) is 7.26. The van der Waals surface area contributed by atoms with Gasteiger partial charge in [0.25, 0.3) is 0 Å². The molecule has 4 heteroatoms. The van der Waals surface area contributed by atoms with Gasteiger partial charge in [0.15, 0.2) is 0 Å². The molecule has 0 fully saturated rings. The summed E-state index contributed by atoms with van der Waals surface area (Å²) in [7, 11) is 0. The average molecular weight is 214 g/mol. The van der Waals surface area contributed by atoms with Gasteiger partial charge < -0.3 is 9.84 Å². The SMILES string of the molecule is C=C/C(OCC)=C(/C=C/C(=O)O)SC. The molecular formula is C10H14O3S. The first-order chi connectivity index (χ1) is 6.65. The highest BCUT2D eigenvalue weighted by Crippen LogP contribution is 2.20. The zero-order chi connectivity index (χ0) is 11.0. The van der Waals surface area contributed by atoms with Gasteiger partial charge in [0.05, 0.1) is 6.61 Å². The molecule has 0 aliphatic heterocycles. The van der Waals surface area contributed by atoms with Crippen LogP contribution in [0.1, 0.15) is 6.92 Å². The van der Waals surface area contributed by atoms with Gasteiger partial charge in [0.1, 0.15) is 5.76 Å². The van der Waals surface area contributed by atoms with Gasteiger partial charge in [-0.05, 0) is 25.3 Å². The standard InChI is InChI=1S/C10H14O3S/c1-4-8(13-5-2)9(14-3)6-7-10(11)12/h4,6-7H,1,5H2,2-3H3,(H,11,12)/b7-6+,9-8+. The number of hydrogen-bond donors (Lipinski definition) is 1. The topological polar surface area (TPSA) is 46.5 Å². The molecule has 0 bridgehead atoms. The van der Waals surface area contributed by atoms with Crippen molar-refractivity contribution in [2.75, 3.05) is 12.9 Å². The van der Waals surface area contributed by atoms with Crippen LogP contribution in [0.3, 0.4) is 0 Å². The number of rotatable bonds is 6. The third-order valence-electron chi connectivity index (χ3n) is 1.33. The normalized spacial score (nSPS) is 12.4. The van der Waals surface area contributed by atoms with Crippen LogP contribution >= 0.6 is 11.8 Å². The molecule has 0 atom stereocenters. The highest BCUT2D eigenvalue weighted by molar-refractivity contribution is 8.02. The van der Waals surface area contributed by atoms with E-state index in [2.05, 4.69) is 6.58 Å². The predicted octanol–water partition coefficient (Wildman–Crippen LogP) is 2.42. The largest absolute Gasteiger partial charge is 0.493 e. The molecule has 0 aliphatic rings. The first kappa shape index (κ1) is 12.8. The van der Waals surface area contributed by atoms with Crippen LogP contribution in [0.25, 0.3) is 0 Å². The zero-order valence-electron chi connectivity index (χ0n) is 8.32. The van der Waals surface area contributed by atoms with Gasteiger partial charge in [-0.25, -0.2) is 4.79 Å². The minimum atomic E-state index is -0.975. The van der Waals surface area contributed by atoms with Crippen LogP contribution in [-0.4, -0.2) is 23.9 Å². The maximum atomic E-state index is 10.3. The van der Waals surface area contributed by atoms with Gasteiger partial charge in [-0.1, -0.05) is 6.58 Å². The summed E-state index contributed by atoms with van der Waals surface area (Å²) >= 11 is 1.42. The number of carboxylic acid groups (broad SMARTS) is 1. The number of aliphatic carboxylic acids is 1. The summed E-state index contributed by atoms with van der Waals surface area (Å²) < 4.78 is 5.27. The van der Waals surface area contributed by atoms with Gasteiger partial charge in [0, 0.05) is 11.0 Å². The summed E-state index contributed by atoms with van der Waals surface area (Å²) in [5, 5.41) is 8.46. The Bertz CT molecular complexity index is 267. The quantitative estimate of drug-likeness (QED) is 0.419. The molecule has 0 saturated heterocycles. The fraction of sp³-hybridized carbons (Fsp3) is 0.300. The Morgan fingerprint density at radius 1 is 1.57 bits per heavy atom. The van der Waals surface area contributed by atoms with Crippen molar-refractivity contribution >= 4 is 17.7 Å². The van der Waals surface area contributed by atoms with Crippen molar-refractivity contribution in [3.63, 3.8) is 0 Å². The van der Waals surface area contributed by atoms with Crippen molar-refractivity contribution in [3.8, 4) is 0 Å². The van der Waals surface area contributed by atoms with E-state index in [0.717, 1.165) is 11.0 Å². The van der Waals surface area contributed by atoms with Crippen LogP contribution in [0.2, 0.25) is 0 Å². The molecule has 0 aromatic rings. The molecule has 0 spiro atoms. The lowest BCUT2D eigenvalue weighted by atomic mass is 10.4. The summed E-state index contributed by atoms with van der Waals surface area (Å²) in [6.45, 7) is 6.00. The summed E-state index contributed by atoms with van der Waals surface area (Å²) in [5.74, 6) is -0.367. The summed E-state index contributed by atoms with van der Waals surface area (Å²) in [6.07, 6.45) is 6.00. The first-order valence-corrected chi connectivity index (χ1v) is 5.32. The Morgan fingerprint density at radius 2 is 2.21 bits per heavy atom. The molecule has 0 rings (SSSR count). The number of ether oxygens (including phenoxy) is 1. The lowest BCUT2D eigenvalue weighted by molar-refractivity contribution is -0.131. The Kier molecular flexibility index (Phi) is 6.66. The number of carboxylic acids is 1. The molecular weight excluding hydrogens is 200 g/mol. The number of thioether (sulfide) groups is 1. The molecule has 0 heterocycles. The molecule has 0 aromatic carbocycles. The van der Waals surface area contributed by atoms with Crippen LogP contribution in [0, 0.1) is 0 Å². The lowest BCUT2D eigenvalue weighted by Gasteiger charge is -2.06. The molecule has 0 aliphatic carbocycles. The van der Waals surface area contributed by atoms with E-state index in [1.54, 1.807) is 6.08 Å². The molecule has 1 N–H and O–H groups in total. The van der Waals surface area contributed by atoms with Crippen molar-refractivity contribution in [1.29, 1.82) is 0 Å². The second-order valence-corrected chi connectivity index (χ2v) is 3.09. The Morgan fingerprint density at radius 3 is 2.57 bits per heavy atom. The van der Waals surface area contributed by atoms with Crippen LogP contribution < -0.4 is 0 Å². The van der Waals surface area contributed by atoms with Crippen molar-refractivity contribution in [3.05, 3.63) is 35.5 Å². The van der Waals surface area contributed by atoms with Crippen molar-refractivity contribution in [2.45, 2.75) is 6.92 Å². The number of carbonyl (C=O) groups is 1. The molecule has 0 saturated carbocycles. The van der Waals surface area contributed by atoms with Crippen molar-refractivity contribution < 1.29 is 14.6 Å². The molecule has 0 aromatic heterocycles. The van der Waals surface area contributed by atoms with Gasteiger partial charge in [0.2, 0.25) is 0 Å². The minimum Gasteiger partial charge on any atom is -0.493 e. The van der Waals surface area contributed by atoms with Crippen LogP contribution in [0.5, 0.6) is 0 Å².